The van der Waals surface area contributed by atoms with Gasteiger partial charge in [-0.2, -0.15) is 4.98 Å². The molecule has 2 fully saturated rings. The van der Waals surface area contributed by atoms with Gasteiger partial charge in [-0.3, -0.25) is 0 Å². The molecule has 0 amide bonds. The molecule has 2 heterocycles. The van der Waals surface area contributed by atoms with Crippen LogP contribution in [0.25, 0.3) is 0 Å². The SMILES string of the molecule is CC(C)c1noc(N2CC3C(C2)C3(C)C)n1. The maximum absolute atomic E-state index is 5.31. The molecule has 2 atom stereocenters. The summed E-state index contributed by atoms with van der Waals surface area (Å²) >= 11 is 0. The highest BCUT2D eigenvalue weighted by Crippen LogP contribution is 2.62. The summed E-state index contributed by atoms with van der Waals surface area (Å²) in [6, 6.07) is 0.715. The van der Waals surface area contributed by atoms with Crippen molar-refractivity contribution in [2.24, 2.45) is 17.3 Å². The summed E-state index contributed by atoms with van der Waals surface area (Å²) in [6.45, 7) is 11.0. The van der Waals surface area contributed by atoms with Crippen molar-refractivity contribution >= 4 is 6.01 Å². The zero-order valence-electron chi connectivity index (χ0n) is 10.4. The van der Waals surface area contributed by atoms with E-state index in [1.807, 2.05) is 0 Å². The van der Waals surface area contributed by atoms with Gasteiger partial charge < -0.3 is 9.42 Å². The molecular weight excluding hydrogens is 202 g/mol. The summed E-state index contributed by atoms with van der Waals surface area (Å²) in [5.41, 5.74) is 0.539. The Kier molecular flexibility index (Phi) is 1.89. The lowest BCUT2D eigenvalue weighted by Crippen LogP contribution is -2.26. The number of piperidine rings is 1. The minimum atomic E-state index is 0.339. The molecule has 0 bridgehead atoms. The Morgan fingerprint density at radius 1 is 1.31 bits per heavy atom. The van der Waals surface area contributed by atoms with Gasteiger partial charge in [0.05, 0.1) is 0 Å². The topological polar surface area (TPSA) is 42.2 Å². The van der Waals surface area contributed by atoms with Gasteiger partial charge in [-0.15, -0.1) is 0 Å². The van der Waals surface area contributed by atoms with Crippen LogP contribution in [-0.2, 0) is 0 Å². The first-order valence-electron chi connectivity index (χ1n) is 6.08. The van der Waals surface area contributed by atoms with E-state index in [0.29, 0.717) is 17.3 Å². The lowest BCUT2D eigenvalue weighted by atomic mass is 10.1. The minimum Gasteiger partial charge on any atom is -0.324 e. The number of nitrogens with zero attached hydrogens (tertiary/aromatic N) is 3. The molecule has 1 saturated heterocycles. The van der Waals surface area contributed by atoms with Crippen molar-refractivity contribution in [1.29, 1.82) is 0 Å². The summed E-state index contributed by atoms with van der Waals surface area (Å²) < 4.78 is 5.31. The third-order valence-corrected chi connectivity index (χ3v) is 4.34. The van der Waals surface area contributed by atoms with Crippen LogP contribution in [0.4, 0.5) is 6.01 Å². The van der Waals surface area contributed by atoms with E-state index in [1.54, 1.807) is 0 Å². The number of hydrogen-bond donors (Lipinski definition) is 0. The normalized spacial score (nSPS) is 30.9. The van der Waals surface area contributed by atoms with Crippen molar-refractivity contribution in [1.82, 2.24) is 10.1 Å². The molecule has 1 aromatic rings. The number of rotatable bonds is 2. The summed E-state index contributed by atoms with van der Waals surface area (Å²) in [7, 11) is 0. The van der Waals surface area contributed by atoms with E-state index in [2.05, 4.69) is 42.7 Å². The van der Waals surface area contributed by atoms with Crippen LogP contribution in [0.1, 0.15) is 39.4 Å². The lowest BCUT2D eigenvalue weighted by molar-refractivity contribution is 0.396. The molecular formula is C12H19N3O. The van der Waals surface area contributed by atoms with Crippen molar-refractivity contribution in [3.8, 4) is 0 Å². The highest BCUT2D eigenvalue weighted by Gasteiger charge is 2.62. The van der Waals surface area contributed by atoms with E-state index < -0.39 is 0 Å². The van der Waals surface area contributed by atoms with E-state index >= 15 is 0 Å². The second-order valence-electron chi connectivity index (χ2n) is 6.03. The molecule has 16 heavy (non-hydrogen) atoms. The van der Waals surface area contributed by atoms with Gasteiger partial charge in [-0.25, -0.2) is 0 Å². The van der Waals surface area contributed by atoms with E-state index in [1.165, 1.54) is 0 Å². The molecule has 0 radical (unpaired) electrons. The second-order valence-corrected chi connectivity index (χ2v) is 6.03. The molecule has 1 saturated carbocycles. The van der Waals surface area contributed by atoms with Crippen molar-refractivity contribution < 1.29 is 4.52 Å². The molecule has 1 aliphatic heterocycles. The van der Waals surface area contributed by atoms with Crippen LogP contribution < -0.4 is 4.90 Å². The minimum absolute atomic E-state index is 0.339. The van der Waals surface area contributed by atoms with Crippen LogP contribution in [-0.4, -0.2) is 23.2 Å². The standard InChI is InChI=1S/C12H19N3O/c1-7(2)10-13-11(16-14-10)15-5-8-9(6-15)12(8,3)4/h7-9H,5-6H2,1-4H3. The van der Waals surface area contributed by atoms with Crippen LogP contribution in [0.3, 0.4) is 0 Å². The summed E-state index contributed by atoms with van der Waals surface area (Å²) in [4.78, 5) is 6.68. The molecule has 4 nitrogen and oxygen atoms in total. The molecule has 88 valence electrons. The highest BCUT2D eigenvalue weighted by atomic mass is 16.5. The number of fused-ring (bicyclic) bond motifs is 1. The summed E-state index contributed by atoms with van der Waals surface area (Å²) in [5, 5.41) is 4.01. The van der Waals surface area contributed by atoms with Crippen LogP contribution in [0.2, 0.25) is 0 Å². The predicted octanol–water partition coefficient (Wildman–Crippen LogP) is 2.29. The van der Waals surface area contributed by atoms with Crippen LogP contribution in [0, 0.1) is 17.3 Å². The van der Waals surface area contributed by atoms with Crippen LogP contribution in [0.15, 0.2) is 4.52 Å². The third kappa shape index (κ3) is 1.28. The average Bonchev–Trinajstić information content (AvgIpc) is 2.75. The van der Waals surface area contributed by atoms with Gasteiger partial charge in [-0.05, 0) is 17.3 Å². The molecule has 1 aliphatic carbocycles. The fraction of sp³-hybridized carbons (Fsp3) is 0.833. The van der Waals surface area contributed by atoms with E-state index in [-0.39, 0.29) is 0 Å². The maximum atomic E-state index is 5.31. The molecule has 2 unspecified atom stereocenters. The molecule has 2 aliphatic rings. The molecule has 0 aromatic carbocycles. The molecule has 0 N–H and O–H groups in total. The third-order valence-electron chi connectivity index (χ3n) is 4.34. The second kappa shape index (κ2) is 2.99. The first-order chi connectivity index (χ1) is 7.50. The van der Waals surface area contributed by atoms with Gasteiger partial charge in [0.15, 0.2) is 5.82 Å². The van der Waals surface area contributed by atoms with Gasteiger partial charge >= 0.3 is 6.01 Å². The largest absolute Gasteiger partial charge is 0.324 e. The zero-order chi connectivity index (χ0) is 11.5. The number of hydrogen-bond acceptors (Lipinski definition) is 4. The van der Waals surface area contributed by atoms with Crippen molar-refractivity contribution in [3.05, 3.63) is 5.82 Å². The van der Waals surface area contributed by atoms with Gasteiger partial charge in [0.2, 0.25) is 0 Å². The van der Waals surface area contributed by atoms with E-state index in [9.17, 15) is 0 Å². The Hall–Kier alpha value is -1.06. The first kappa shape index (κ1) is 10.1. The molecule has 1 aromatic heterocycles. The first-order valence-corrected chi connectivity index (χ1v) is 6.08. The Labute approximate surface area is 96.0 Å². The van der Waals surface area contributed by atoms with E-state index in [4.69, 9.17) is 4.52 Å². The van der Waals surface area contributed by atoms with Crippen LogP contribution in [0.5, 0.6) is 0 Å². The quantitative estimate of drug-likeness (QED) is 0.768. The molecule has 4 heteroatoms. The average molecular weight is 221 g/mol. The monoisotopic (exact) mass is 221 g/mol. The molecule has 0 spiro atoms. The van der Waals surface area contributed by atoms with Gasteiger partial charge in [0.25, 0.3) is 0 Å². The van der Waals surface area contributed by atoms with Crippen molar-refractivity contribution in [3.63, 3.8) is 0 Å². The highest BCUT2D eigenvalue weighted by molar-refractivity contribution is 5.34. The fourth-order valence-corrected chi connectivity index (χ4v) is 2.88. The fourth-order valence-electron chi connectivity index (χ4n) is 2.88. The van der Waals surface area contributed by atoms with Crippen molar-refractivity contribution in [2.45, 2.75) is 33.6 Å². The number of anilines is 1. The Bertz CT molecular complexity index is 396. The smallest absolute Gasteiger partial charge is 0.324 e. The zero-order valence-corrected chi connectivity index (χ0v) is 10.4. The lowest BCUT2D eigenvalue weighted by Gasteiger charge is -2.19. The van der Waals surface area contributed by atoms with Crippen LogP contribution >= 0.6 is 0 Å². The predicted molar refractivity (Wildman–Crippen MR) is 61.4 cm³/mol. The summed E-state index contributed by atoms with van der Waals surface area (Å²) in [5.74, 6) is 2.80. The number of aromatic nitrogens is 2. The van der Waals surface area contributed by atoms with Gasteiger partial charge in [0.1, 0.15) is 0 Å². The Balaban J connectivity index is 1.72. The maximum Gasteiger partial charge on any atom is 0.324 e. The van der Waals surface area contributed by atoms with E-state index in [0.717, 1.165) is 30.7 Å². The Morgan fingerprint density at radius 2 is 1.94 bits per heavy atom. The summed E-state index contributed by atoms with van der Waals surface area (Å²) in [6.07, 6.45) is 0. The van der Waals surface area contributed by atoms with Gasteiger partial charge in [-0.1, -0.05) is 32.9 Å². The Morgan fingerprint density at radius 3 is 2.44 bits per heavy atom. The molecule has 3 rings (SSSR count). The van der Waals surface area contributed by atoms with Crippen molar-refractivity contribution in [2.75, 3.05) is 18.0 Å². The van der Waals surface area contributed by atoms with Gasteiger partial charge in [0, 0.05) is 19.0 Å².